The smallest absolute Gasteiger partial charge is 0.277 e. The SMILES string of the molecule is CCCN1c2cc(F)c(/C=N\NC(=O)COc3ccc(Br)cc3)cc2C(C)=CC1(C)C. The molecule has 0 aromatic heterocycles. The van der Waals surface area contributed by atoms with E-state index in [2.05, 4.69) is 58.2 Å². The normalized spacial score (nSPS) is 14.9. The van der Waals surface area contributed by atoms with Gasteiger partial charge in [-0.25, -0.2) is 9.82 Å². The first-order valence-corrected chi connectivity index (χ1v) is 11.0. The van der Waals surface area contributed by atoms with Crippen LogP contribution < -0.4 is 15.1 Å². The molecule has 1 aliphatic heterocycles. The quantitative estimate of drug-likeness (QED) is 0.412. The zero-order valence-electron chi connectivity index (χ0n) is 18.2. The van der Waals surface area contributed by atoms with Gasteiger partial charge in [0.1, 0.15) is 11.6 Å². The highest BCUT2D eigenvalue weighted by molar-refractivity contribution is 9.10. The van der Waals surface area contributed by atoms with Crippen LogP contribution in [0, 0.1) is 5.82 Å². The van der Waals surface area contributed by atoms with E-state index >= 15 is 0 Å². The van der Waals surface area contributed by atoms with Gasteiger partial charge in [-0.15, -0.1) is 0 Å². The third-order valence-corrected chi connectivity index (χ3v) is 5.65. The van der Waals surface area contributed by atoms with Crippen molar-refractivity contribution in [3.05, 3.63) is 63.9 Å². The molecule has 2 aromatic carbocycles. The van der Waals surface area contributed by atoms with Crippen LogP contribution in [0.15, 0.2) is 52.0 Å². The van der Waals surface area contributed by atoms with Crippen molar-refractivity contribution in [3.63, 3.8) is 0 Å². The number of amides is 1. The minimum atomic E-state index is -0.426. The van der Waals surface area contributed by atoms with Crippen LogP contribution in [0.3, 0.4) is 0 Å². The maximum atomic E-state index is 14.8. The molecule has 1 aliphatic rings. The minimum absolute atomic E-state index is 0.183. The summed E-state index contributed by atoms with van der Waals surface area (Å²) in [5.41, 5.74) is 5.46. The van der Waals surface area contributed by atoms with Gasteiger partial charge in [0.25, 0.3) is 5.91 Å². The molecule has 164 valence electrons. The van der Waals surface area contributed by atoms with E-state index in [0.717, 1.165) is 34.3 Å². The molecule has 2 aromatic rings. The summed E-state index contributed by atoms with van der Waals surface area (Å²) in [6, 6.07) is 10.5. The molecule has 0 spiro atoms. The zero-order valence-corrected chi connectivity index (χ0v) is 19.8. The molecular weight excluding hydrogens is 461 g/mol. The van der Waals surface area contributed by atoms with Crippen LogP contribution in [0.1, 0.15) is 45.2 Å². The first-order valence-electron chi connectivity index (χ1n) is 10.2. The highest BCUT2D eigenvalue weighted by atomic mass is 79.9. The molecule has 5 nitrogen and oxygen atoms in total. The summed E-state index contributed by atoms with van der Waals surface area (Å²) < 4.78 is 21.1. The number of rotatable bonds is 7. The average molecular weight is 488 g/mol. The number of hydrogen-bond acceptors (Lipinski definition) is 4. The van der Waals surface area contributed by atoms with E-state index in [-0.39, 0.29) is 18.0 Å². The Kier molecular flexibility index (Phi) is 7.15. The van der Waals surface area contributed by atoms with Crippen molar-refractivity contribution in [1.82, 2.24) is 5.43 Å². The number of anilines is 1. The van der Waals surface area contributed by atoms with Gasteiger partial charge in [0, 0.05) is 27.8 Å². The minimum Gasteiger partial charge on any atom is -0.484 e. The number of fused-ring (bicyclic) bond motifs is 1. The van der Waals surface area contributed by atoms with Crippen molar-refractivity contribution in [3.8, 4) is 5.75 Å². The van der Waals surface area contributed by atoms with E-state index < -0.39 is 5.91 Å². The summed E-state index contributed by atoms with van der Waals surface area (Å²) >= 11 is 3.34. The van der Waals surface area contributed by atoms with Crippen LogP contribution >= 0.6 is 15.9 Å². The maximum absolute atomic E-state index is 14.8. The number of hydrogen-bond donors (Lipinski definition) is 1. The topological polar surface area (TPSA) is 53.9 Å². The summed E-state index contributed by atoms with van der Waals surface area (Å²) in [5, 5.41) is 3.90. The number of hydrazone groups is 1. The van der Waals surface area contributed by atoms with Crippen molar-refractivity contribution in [1.29, 1.82) is 0 Å². The molecule has 0 saturated heterocycles. The van der Waals surface area contributed by atoms with E-state index in [0.29, 0.717) is 11.3 Å². The maximum Gasteiger partial charge on any atom is 0.277 e. The van der Waals surface area contributed by atoms with Crippen molar-refractivity contribution >= 4 is 39.3 Å². The lowest BCUT2D eigenvalue weighted by Crippen LogP contribution is -2.45. The molecule has 31 heavy (non-hydrogen) atoms. The zero-order chi connectivity index (χ0) is 22.6. The number of nitrogens with zero attached hydrogens (tertiary/aromatic N) is 2. The molecule has 1 heterocycles. The standard InChI is InChI=1S/C24H27BrFN3O2/c1-5-10-29-22-12-21(26)17(11-20(22)16(2)13-24(29,3)4)14-27-28-23(30)15-31-19-8-6-18(25)7-9-19/h6-9,11-14H,5,10,15H2,1-4H3,(H,28,30)/b27-14-. The van der Waals surface area contributed by atoms with Gasteiger partial charge in [0.15, 0.2) is 6.61 Å². The molecular formula is C24H27BrFN3O2. The highest BCUT2D eigenvalue weighted by Crippen LogP contribution is 2.39. The molecule has 0 bridgehead atoms. The fourth-order valence-corrected chi connectivity index (χ4v) is 4.00. The van der Waals surface area contributed by atoms with Gasteiger partial charge in [-0.2, -0.15) is 5.10 Å². The van der Waals surface area contributed by atoms with E-state index in [9.17, 15) is 9.18 Å². The molecule has 3 rings (SSSR count). The highest BCUT2D eigenvalue weighted by Gasteiger charge is 2.31. The number of carbonyl (C=O) groups is 1. The second kappa shape index (κ2) is 9.64. The number of halogens is 2. The molecule has 0 fully saturated rings. The Morgan fingerprint density at radius 2 is 2.00 bits per heavy atom. The lowest BCUT2D eigenvalue weighted by Gasteiger charge is -2.43. The molecule has 0 atom stereocenters. The van der Waals surface area contributed by atoms with Crippen LogP contribution in [0.5, 0.6) is 5.75 Å². The molecule has 1 amide bonds. The summed E-state index contributed by atoms with van der Waals surface area (Å²) in [6.45, 7) is 9.06. The van der Waals surface area contributed by atoms with E-state index in [4.69, 9.17) is 4.74 Å². The van der Waals surface area contributed by atoms with Crippen molar-refractivity contribution in [2.45, 2.75) is 39.7 Å². The second-order valence-corrected chi connectivity index (χ2v) is 8.97. The number of carbonyl (C=O) groups excluding carboxylic acids is 1. The predicted molar refractivity (Wildman–Crippen MR) is 127 cm³/mol. The third-order valence-electron chi connectivity index (χ3n) is 5.12. The summed E-state index contributed by atoms with van der Waals surface area (Å²) in [5.74, 6) is -0.233. The number of allylic oxidation sites excluding steroid dienone is 1. The van der Waals surface area contributed by atoms with E-state index in [1.165, 1.54) is 6.21 Å². The molecule has 0 radical (unpaired) electrons. The summed E-state index contributed by atoms with van der Waals surface area (Å²) in [4.78, 5) is 14.2. The Balaban J connectivity index is 1.69. The Morgan fingerprint density at radius 3 is 2.68 bits per heavy atom. The van der Waals surface area contributed by atoms with Gasteiger partial charge >= 0.3 is 0 Å². The molecule has 0 unspecified atom stereocenters. The average Bonchev–Trinajstić information content (AvgIpc) is 2.71. The fraction of sp³-hybridized carbons (Fsp3) is 0.333. The molecule has 7 heteroatoms. The van der Waals surface area contributed by atoms with Crippen LogP contribution in [-0.4, -0.2) is 30.8 Å². The number of benzene rings is 2. The van der Waals surface area contributed by atoms with Crippen LogP contribution in [0.25, 0.3) is 5.57 Å². The van der Waals surface area contributed by atoms with Crippen LogP contribution in [-0.2, 0) is 4.79 Å². The Labute approximate surface area is 191 Å². The Bertz CT molecular complexity index is 1020. The van der Waals surface area contributed by atoms with Crippen LogP contribution in [0.2, 0.25) is 0 Å². The lowest BCUT2D eigenvalue weighted by molar-refractivity contribution is -0.123. The summed E-state index contributed by atoms with van der Waals surface area (Å²) in [6.07, 6.45) is 4.49. The van der Waals surface area contributed by atoms with Gasteiger partial charge < -0.3 is 9.64 Å². The monoisotopic (exact) mass is 487 g/mol. The predicted octanol–water partition coefficient (Wildman–Crippen LogP) is 5.53. The second-order valence-electron chi connectivity index (χ2n) is 8.06. The van der Waals surface area contributed by atoms with Gasteiger partial charge in [-0.1, -0.05) is 28.9 Å². The van der Waals surface area contributed by atoms with Gasteiger partial charge in [0.05, 0.1) is 11.8 Å². The van der Waals surface area contributed by atoms with E-state index in [1.807, 2.05) is 19.1 Å². The van der Waals surface area contributed by atoms with E-state index in [1.54, 1.807) is 24.3 Å². The Hall–Kier alpha value is -2.67. The number of ether oxygens (including phenoxy) is 1. The molecule has 0 saturated carbocycles. The van der Waals surface area contributed by atoms with Crippen LogP contribution in [0.4, 0.5) is 10.1 Å². The first kappa shape index (κ1) is 23.0. The lowest BCUT2D eigenvalue weighted by atomic mass is 9.88. The molecule has 1 N–H and O–H groups in total. The van der Waals surface area contributed by atoms with Crippen molar-refractivity contribution in [2.24, 2.45) is 5.10 Å². The van der Waals surface area contributed by atoms with Crippen molar-refractivity contribution in [2.75, 3.05) is 18.1 Å². The Morgan fingerprint density at radius 1 is 1.29 bits per heavy atom. The van der Waals surface area contributed by atoms with Gasteiger partial charge in [-0.3, -0.25) is 4.79 Å². The third kappa shape index (κ3) is 5.53. The summed E-state index contributed by atoms with van der Waals surface area (Å²) in [7, 11) is 0. The number of nitrogens with one attached hydrogen (secondary N) is 1. The fourth-order valence-electron chi connectivity index (χ4n) is 3.73. The molecule has 0 aliphatic carbocycles. The first-order chi connectivity index (χ1) is 14.7. The van der Waals surface area contributed by atoms with Gasteiger partial charge in [0.2, 0.25) is 0 Å². The van der Waals surface area contributed by atoms with Gasteiger partial charge in [-0.05, 0) is 69.2 Å². The largest absolute Gasteiger partial charge is 0.484 e. The van der Waals surface area contributed by atoms with Crippen molar-refractivity contribution < 1.29 is 13.9 Å².